The molecule has 0 unspecified atom stereocenters. The lowest BCUT2D eigenvalue weighted by Gasteiger charge is -2.19. The number of fused-ring (bicyclic) bond motifs is 3. The van der Waals surface area contributed by atoms with Crippen LogP contribution in [-0.2, 0) is 22.4 Å². The Hall–Kier alpha value is -4.93. The van der Waals surface area contributed by atoms with E-state index >= 15 is 0 Å². The molecule has 3 N–H and O–H groups in total. The van der Waals surface area contributed by atoms with Gasteiger partial charge in [-0.1, -0.05) is 18.6 Å². The van der Waals surface area contributed by atoms with Gasteiger partial charge in [-0.3, -0.25) is 14.4 Å². The van der Waals surface area contributed by atoms with Crippen molar-refractivity contribution in [2.45, 2.75) is 57.9 Å². The number of rotatable bonds is 16. The van der Waals surface area contributed by atoms with Crippen LogP contribution in [0.4, 0.5) is 5.69 Å². The van der Waals surface area contributed by atoms with E-state index in [9.17, 15) is 14.4 Å². The fraction of sp³-hybridized carbons (Fsp3) is 0.432. The molecule has 0 saturated heterocycles. The molecule has 258 valence electrons. The minimum absolute atomic E-state index is 0.0144. The number of amides is 2. The lowest BCUT2D eigenvalue weighted by Crippen LogP contribution is -2.26. The summed E-state index contributed by atoms with van der Waals surface area (Å²) in [5.74, 6) is 2.69. The molecule has 0 radical (unpaired) electrons. The van der Waals surface area contributed by atoms with Crippen LogP contribution in [-0.4, -0.2) is 60.5 Å². The van der Waals surface area contributed by atoms with Gasteiger partial charge in [0.15, 0.2) is 23.0 Å². The number of aryl methyl sites for hydroxylation is 1. The van der Waals surface area contributed by atoms with E-state index in [0.29, 0.717) is 78.8 Å². The second-order valence-corrected chi connectivity index (χ2v) is 11.6. The number of benzene rings is 2. The maximum Gasteiger partial charge on any atom is 0.220 e. The van der Waals surface area contributed by atoms with Gasteiger partial charge in [0.1, 0.15) is 0 Å². The van der Waals surface area contributed by atoms with Crippen LogP contribution in [0.25, 0.3) is 11.1 Å². The Bertz CT molecular complexity index is 1660. The van der Waals surface area contributed by atoms with Gasteiger partial charge >= 0.3 is 0 Å². The first kappa shape index (κ1) is 35.9. The van der Waals surface area contributed by atoms with Crippen molar-refractivity contribution >= 4 is 17.5 Å². The summed E-state index contributed by atoms with van der Waals surface area (Å²) in [4.78, 5) is 38.1. The highest BCUT2D eigenvalue weighted by Gasteiger charge is 2.29. The number of anilines is 1. The molecule has 0 aliphatic heterocycles. The quantitative estimate of drug-likeness (QED) is 0.177. The molecule has 1 atom stereocenters. The summed E-state index contributed by atoms with van der Waals surface area (Å²) in [5.41, 5.74) is 4.60. The highest BCUT2D eigenvalue weighted by Crippen LogP contribution is 2.50. The number of unbranched alkanes of at least 4 members (excludes halogenated alkanes) is 2. The zero-order chi connectivity index (χ0) is 34.6. The Labute approximate surface area is 282 Å². The molecule has 0 aromatic heterocycles. The van der Waals surface area contributed by atoms with Gasteiger partial charge in [0.25, 0.3) is 0 Å². The fourth-order valence-electron chi connectivity index (χ4n) is 6.13. The van der Waals surface area contributed by atoms with E-state index in [1.165, 1.54) is 6.92 Å². The highest BCUT2D eigenvalue weighted by molar-refractivity contribution is 5.83. The van der Waals surface area contributed by atoms with Crippen molar-refractivity contribution in [2.24, 2.45) is 0 Å². The molecule has 3 aromatic rings. The van der Waals surface area contributed by atoms with Crippen LogP contribution >= 0.6 is 0 Å². The molecule has 1 aliphatic carbocycles. The molecule has 11 heteroatoms. The van der Waals surface area contributed by atoms with E-state index in [4.69, 9.17) is 23.7 Å². The summed E-state index contributed by atoms with van der Waals surface area (Å²) in [6, 6.07) is 12.6. The number of carbonyl (C=O) groups excluding carboxylic acids is 2. The summed E-state index contributed by atoms with van der Waals surface area (Å²) in [5, 5.41) is 9.29. The molecule has 0 fully saturated rings. The molecule has 0 saturated carbocycles. The molecule has 11 nitrogen and oxygen atoms in total. The number of methoxy groups -OCH3 is 5. The number of hydrogen-bond acceptors (Lipinski definition) is 9. The van der Waals surface area contributed by atoms with E-state index in [0.717, 1.165) is 41.5 Å². The first-order valence-electron chi connectivity index (χ1n) is 16.2. The second kappa shape index (κ2) is 17.3. The van der Waals surface area contributed by atoms with Crippen molar-refractivity contribution in [3.05, 3.63) is 69.4 Å². The third-order valence-corrected chi connectivity index (χ3v) is 8.50. The van der Waals surface area contributed by atoms with Crippen molar-refractivity contribution in [1.82, 2.24) is 10.6 Å². The van der Waals surface area contributed by atoms with Crippen LogP contribution < -0.4 is 45.1 Å². The van der Waals surface area contributed by atoms with Crippen molar-refractivity contribution in [1.29, 1.82) is 0 Å². The van der Waals surface area contributed by atoms with Gasteiger partial charge in [-0.05, 0) is 84.7 Å². The number of nitrogens with one attached hydrogen (secondary N) is 3. The lowest BCUT2D eigenvalue weighted by atomic mass is 9.95. The summed E-state index contributed by atoms with van der Waals surface area (Å²) in [7, 11) is 7.91. The predicted molar refractivity (Wildman–Crippen MR) is 186 cm³/mol. The van der Waals surface area contributed by atoms with Crippen LogP contribution in [0.15, 0.2) is 47.3 Å². The average Bonchev–Trinajstić information content (AvgIpc) is 3.33. The van der Waals surface area contributed by atoms with Gasteiger partial charge in [0.05, 0.1) is 47.3 Å². The molecule has 3 aromatic carbocycles. The Kier molecular flexibility index (Phi) is 12.9. The zero-order valence-electron chi connectivity index (χ0n) is 28.7. The minimum atomic E-state index is -0.371. The van der Waals surface area contributed by atoms with Crippen LogP contribution in [0.3, 0.4) is 0 Å². The molecule has 4 rings (SSSR count). The van der Waals surface area contributed by atoms with Gasteiger partial charge in [0.2, 0.25) is 23.0 Å². The summed E-state index contributed by atoms with van der Waals surface area (Å²) in [6.45, 7) is 2.59. The molecule has 2 amide bonds. The standard InChI is InChI=1S/C37H47N3O8/c1-23(41)40-28-14-12-25-21-33(46-4)36(47-5)37(48-6)35(25)26-13-15-29(30(42)22-27(26)28)38-18-9-7-8-10-34(43)39-19-17-24-11-16-31(44-2)32(20-24)45-3/h11,13,15-16,20-22,28H,7-10,12,14,17-19H2,1-6H3,(H,38,42)(H,39,43)(H,40,41)/t28-/m0/s1. The number of hydrogen-bond donors (Lipinski definition) is 3. The first-order valence-corrected chi connectivity index (χ1v) is 16.2. The topological polar surface area (TPSA) is 133 Å². The number of ether oxygens (including phenoxy) is 5. The Morgan fingerprint density at radius 2 is 1.54 bits per heavy atom. The summed E-state index contributed by atoms with van der Waals surface area (Å²) < 4.78 is 27.7. The second-order valence-electron chi connectivity index (χ2n) is 11.6. The van der Waals surface area contributed by atoms with Crippen LogP contribution in [0, 0.1) is 0 Å². The van der Waals surface area contributed by atoms with Crippen molar-refractivity contribution in [3.8, 4) is 39.9 Å². The molecule has 0 bridgehead atoms. The largest absolute Gasteiger partial charge is 0.493 e. The normalized spacial score (nSPS) is 13.2. The van der Waals surface area contributed by atoms with Crippen LogP contribution in [0.1, 0.15) is 61.8 Å². The van der Waals surface area contributed by atoms with Gasteiger partial charge in [-0.25, -0.2) is 0 Å². The van der Waals surface area contributed by atoms with Crippen molar-refractivity contribution in [2.75, 3.05) is 54.0 Å². The zero-order valence-corrected chi connectivity index (χ0v) is 28.7. The van der Waals surface area contributed by atoms with E-state index in [1.807, 2.05) is 30.3 Å². The number of carbonyl (C=O) groups is 2. The third-order valence-electron chi connectivity index (χ3n) is 8.50. The predicted octanol–water partition coefficient (Wildman–Crippen LogP) is 5.21. The maximum atomic E-state index is 13.5. The molecule has 0 heterocycles. The fourth-order valence-corrected chi connectivity index (χ4v) is 6.13. The SMILES string of the molecule is COc1ccc(CCNC(=O)CCCCCNc2ccc3c(cc2=O)[C@@H](NC(C)=O)CCc2cc(OC)c(OC)c(OC)c2-3)cc1OC. The molecule has 48 heavy (non-hydrogen) atoms. The maximum absolute atomic E-state index is 13.5. The monoisotopic (exact) mass is 661 g/mol. The van der Waals surface area contributed by atoms with Crippen molar-refractivity contribution in [3.63, 3.8) is 0 Å². The summed E-state index contributed by atoms with van der Waals surface area (Å²) >= 11 is 0. The minimum Gasteiger partial charge on any atom is -0.493 e. The Balaban J connectivity index is 1.38. The average molecular weight is 662 g/mol. The van der Waals surface area contributed by atoms with Crippen molar-refractivity contribution < 1.29 is 33.3 Å². The Morgan fingerprint density at radius 1 is 0.792 bits per heavy atom. The molecular formula is C37H47N3O8. The lowest BCUT2D eigenvalue weighted by molar-refractivity contribution is -0.121. The van der Waals surface area contributed by atoms with Gasteiger partial charge < -0.3 is 39.6 Å². The Morgan fingerprint density at radius 3 is 2.23 bits per heavy atom. The van der Waals surface area contributed by atoms with Gasteiger partial charge in [0, 0.05) is 32.0 Å². The van der Waals surface area contributed by atoms with Gasteiger partial charge in [-0.15, -0.1) is 0 Å². The third kappa shape index (κ3) is 8.70. The van der Waals surface area contributed by atoms with E-state index in [1.54, 1.807) is 47.7 Å². The van der Waals surface area contributed by atoms with E-state index in [-0.39, 0.29) is 23.3 Å². The van der Waals surface area contributed by atoms with Crippen LogP contribution in [0.5, 0.6) is 28.7 Å². The molecule has 0 spiro atoms. The van der Waals surface area contributed by atoms with Crippen LogP contribution in [0.2, 0.25) is 0 Å². The highest BCUT2D eigenvalue weighted by atomic mass is 16.5. The van der Waals surface area contributed by atoms with E-state index < -0.39 is 0 Å². The smallest absolute Gasteiger partial charge is 0.220 e. The molecular weight excluding hydrogens is 614 g/mol. The first-order chi connectivity index (χ1) is 23.2. The summed E-state index contributed by atoms with van der Waals surface area (Å²) in [6.07, 6.45) is 4.71. The molecule has 1 aliphatic rings. The van der Waals surface area contributed by atoms with Gasteiger partial charge in [-0.2, -0.15) is 0 Å². The van der Waals surface area contributed by atoms with E-state index in [2.05, 4.69) is 16.0 Å².